The molecule has 22 heavy (non-hydrogen) atoms. The molecule has 0 aliphatic carbocycles. The van der Waals surface area contributed by atoms with E-state index in [1.54, 1.807) is 0 Å². The molecule has 1 heterocycles. The molecular weight excluding hydrogens is 350 g/mol. The van der Waals surface area contributed by atoms with Crippen LogP contribution < -0.4 is 0 Å². The second-order valence-electron chi connectivity index (χ2n) is 3.76. The first-order valence-corrected chi connectivity index (χ1v) is 4.79. The highest BCUT2D eigenvalue weighted by Crippen LogP contribution is 2.49. The number of alkyl halides is 12. The van der Waals surface area contributed by atoms with Crippen molar-refractivity contribution in [1.82, 2.24) is 4.98 Å². The Bertz CT molecular complexity index is 507. The summed E-state index contributed by atoms with van der Waals surface area (Å²) in [6, 6.07) is 0. The minimum atomic E-state index is -6.36. The van der Waals surface area contributed by atoms with Gasteiger partial charge >= 0.3 is 24.7 Å². The van der Waals surface area contributed by atoms with Gasteiger partial charge in [0.05, 0.1) is 16.7 Å². The fourth-order valence-corrected chi connectivity index (χ4v) is 1.51. The first-order valence-electron chi connectivity index (χ1n) is 4.79. The number of aromatic nitrogens is 1. The van der Waals surface area contributed by atoms with E-state index >= 15 is 0 Å². The standard InChI is InChI=1S/C9HF12N/c10-6(11,12)2-1-22-5(9(19,20)21)4(8(16,17)18)3(2)7(13,14)15/h1H. The SMILES string of the molecule is FC(F)(F)c1cnc(C(F)(F)F)c(C(F)(F)F)c1C(F)(F)F. The second-order valence-corrected chi connectivity index (χ2v) is 3.76. The molecule has 0 atom stereocenters. The van der Waals surface area contributed by atoms with Crippen molar-refractivity contribution in [3.8, 4) is 0 Å². The lowest BCUT2D eigenvalue weighted by atomic mass is 9.99. The molecule has 0 saturated carbocycles. The molecule has 1 nitrogen and oxygen atoms in total. The summed E-state index contributed by atoms with van der Waals surface area (Å²) < 4.78 is 149. The molecule has 0 fully saturated rings. The van der Waals surface area contributed by atoms with E-state index in [0.29, 0.717) is 0 Å². The molecule has 0 aromatic carbocycles. The predicted octanol–water partition coefficient (Wildman–Crippen LogP) is 5.16. The van der Waals surface area contributed by atoms with Gasteiger partial charge in [0, 0.05) is 6.20 Å². The third-order valence-electron chi connectivity index (χ3n) is 2.22. The Hall–Kier alpha value is -1.69. The van der Waals surface area contributed by atoms with Crippen molar-refractivity contribution >= 4 is 0 Å². The zero-order valence-corrected chi connectivity index (χ0v) is 9.56. The van der Waals surface area contributed by atoms with Crippen LogP contribution in [0.25, 0.3) is 0 Å². The quantitative estimate of drug-likeness (QED) is 0.589. The van der Waals surface area contributed by atoms with Crippen LogP contribution in [-0.2, 0) is 24.7 Å². The Morgan fingerprint density at radius 2 is 0.955 bits per heavy atom. The molecule has 126 valence electrons. The van der Waals surface area contributed by atoms with Crippen LogP contribution in [-0.4, -0.2) is 4.98 Å². The molecule has 13 heteroatoms. The Morgan fingerprint density at radius 3 is 1.23 bits per heavy atom. The smallest absolute Gasteiger partial charge is 0.251 e. The number of rotatable bonds is 0. The molecule has 0 saturated heterocycles. The zero-order chi connectivity index (χ0) is 17.7. The van der Waals surface area contributed by atoms with Gasteiger partial charge in [-0.1, -0.05) is 0 Å². The highest BCUT2D eigenvalue weighted by molar-refractivity contribution is 5.43. The summed E-state index contributed by atoms with van der Waals surface area (Å²) in [5.74, 6) is 0. The van der Waals surface area contributed by atoms with Crippen LogP contribution in [0.15, 0.2) is 6.20 Å². The van der Waals surface area contributed by atoms with E-state index in [0.717, 1.165) is 0 Å². The summed E-state index contributed by atoms with van der Waals surface area (Å²) in [5.41, 5.74) is -13.1. The van der Waals surface area contributed by atoms with Crippen molar-refractivity contribution in [2.45, 2.75) is 24.7 Å². The molecule has 1 aromatic heterocycles. The van der Waals surface area contributed by atoms with E-state index in [1.165, 1.54) is 0 Å². The van der Waals surface area contributed by atoms with Crippen molar-refractivity contribution in [3.63, 3.8) is 0 Å². The van der Waals surface area contributed by atoms with Crippen LogP contribution in [0.1, 0.15) is 22.4 Å². The Morgan fingerprint density at radius 1 is 0.545 bits per heavy atom. The first kappa shape index (κ1) is 18.4. The van der Waals surface area contributed by atoms with Crippen LogP contribution in [0.2, 0.25) is 0 Å². The van der Waals surface area contributed by atoms with Crippen molar-refractivity contribution in [1.29, 1.82) is 0 Å². The minimum Gasteiger partial charge on any atom is -0.251 e. The van der Waals surface area contributed by atoms with Gasteiger partial charge in [0.25, 0.3) is 0 Å². The van der Waals surface area contributed by atoms with E-state index in [4.69, 9.17) is 0 Å². The maximum absolute atomic E-state index is 12.5. The normalized spacial score (nSPS) is 14.4. The van der Waals surface area contributed by atoms with Gasteiger partial charge in [0.2, 0.25) is 0 Å². The molecule has 1 rings (SSSR count). The summed E-state index contributed by atoms with van der Waals surface area (Å²) >= 11 is 0. The van der Waals surface area contributed by atoms with Gasteiger partial charge in [0.15, 0.2) is 5.69 Å². The van der Waals surface area contributed by atoms with Crippen molar-refractivity contribution in [3.05, 3.63) is 28.6 Å². The third kappa shape index (κ3) is 3.55. The Balaban J connectivity index is 4.02. The van der Waals surface area contributed by atoms with E-state index in [-0.39, 0.29) is 0 Å². The summed E-state index contributed by atoms with van der Waals surface area (Å²) in [6.45, 7) is 0. The number of halogens is 12. The molecular formula is C9HF12N. The van der Waals surface area contributed by atoms with E-state index < -0.39 is 53.3 Å². The van der Waals surface area contributed by atoms with Gasteiger partial charge in [-0.3, -0.25) is 4.98 Å². The second kappa shape index (κ2) is 4.91. The van der Waals surface area contributed by atoms with Gasteiger partial charge in [-0.15, -0.1) is 0 Å². The highest BCUT2D eigenvalue weighted by Gasteiger charge is 2.55. The summed E-state index contributed by atoms with van der Waals surface area (Å²) in [5, 5.41) is 0. The average Bonchev–Trinajstić information content (AvgIpc) is 2.22. The molecule has 0 aliphatic rings. The maximum Gasteiger partial charge on any atom is 0.433 e. The lowest BCUT2D eigenvalue weighted by molar-refractivity contribution is -0.184. The number of nitrogens with zero attached hydrogens (tertiary/aromatic N) is 1. The van der Waals surface area contributed by atoms with E-state index in [1.807, 2.05) is 4.98 Å². The largest absolute Gasteiger partial charge is 0.433 e. The number of hydrogen-bond acceptors (Lipinski definition) is 1. The van der Waals surface area contributed by atoms with Crippen LogP contribution in [0, 0.1) is 0 Å². The molecule has 0 spiro atoms. The minimum absolute atomic E-state index is 0.930. The fraction of sp³-hybridized carbons (Fsp3) is 0.444. The molecule has 0 aliphatic heterocycles. The van der Waals surface area contributed by atoms with Gasteiger partial charge in [0.1, 0.15) is 0 Å². The van der Waals surface area contributed by atoms with Crippen molar-refractivity contribution < 1.29 is 52.7 Å². The maximum atomic E-state index is 12.5. The Labute approximate surface area is 112 Å². The zero-order valence-electron chi connectivity index (χ0n) is 9.56. The van der Waals surface area contributed by atoms with Gasteiger partial charge in [-0.2, -0.15) is 52.7 Å². The summed E-state index contributed by atoms with van der Waals surface area (Å²) in [6.07, 6.45) is -25.6. The topological polar surface area (TPSA) is 12.9 Å². The van der Waals surface area contributed by atoms with Crippen LogP contribution >= 0.6 is 0 Å². The van der Waals surface area contributed by atoms with E-state index in [2.05, 4.69) is 0 Å². The third-order valence-corrected chi connectivity index (χ3v) is 2.22. The molecule has 0 N–H and O–H groups in total. The summed E-state index contributed by atoms with van der Waals surface area (Å²) in [7, 11) is 0. The van der Waals surface area contributed by atoms with Crippen LogP contribution in [0.3, 0.4) is 0 Å². The van der Waals surface area contributed by atoms with Crippen molar-refractivity contribution in [2.75, 3.05) is 0 Å². The molecule has 0 amide bonds. The lowest BCUT2D eigenvalue weighted by Gasteiger charge is -2.23. The molecule has 0 radical (unpaired) electrons. The lowest BCUT2D eigenvalue weighted by Crippen LogP contribution is -2.28. The van der Waals surface area contributed by atoms with Crippen LogP contribution in [0.5, 0.6) is 0 Å². The Kier molecular flexibility index (Phi) is 4.10. The van der Waals surface area contributed by atoms with Crippen LogP contribution in [0.4, 0.5) is 52.7 Å². The number of pyridine rings is 1. The first-order chi connectivity index (χ1) is 9.47. The average molecular weight is 351 g/mol. The molecule has 0 bridgehead atoms. The highest BCUT2D eigenvalue weighted by atomic mass is 19.4. The fourth-order valence-electron chi connectivity index (χ4n) is 1.51. The summed E-state index contributed by atoms with van der Waals surface area (Å²) in [4.78, 5) is 1.89. The van der Waals surface area contributed by atoms with Crippen molar-refractivity contribution in [2.24, 2.45) is 0 Å². The van der Waals surface area contributed by atoms with Gasteiger partial charge in [-0.05, 0) is 0 Å². The van der Waals surface area contributed by atoms with Gasteiger partial charge < -0.3 is 0 Å². The van der Waals surface area contributed by atoms with Gasteiger partial charge in [-0.25, -0.2) is 0 Å². The monoisotopic (exact) mass is 351 g/mol. The van der Waals surface area contributed by atoms with E-state index in [9.17, 15) is 52.7 Å². The predicted molar refractivity (Wildman–Crippen MR) is 44.2 cm³/mol. The molecule has 0 unspecified atom stereocenters. The molecule has 1 aromatic rings. The number of hydrogen-bond donors (Lipinski definition) is 0.